The lowest BCUT2D eigenvalue weighted by Crippen LogP contribution is -2.01. The summed E-state index contributed by atoms with van der Waals surface area (Å²) in [4.78, 5) is 19.2. The molecule has 0 saturated heterocycles. The molecule has 1 heterocycles. The topological polar surface area (TPSA) is 42.9 Å². The second-order valence-electron chi connectivity index (χ2n) is 3.19. The highest BCUT2D eigenvalue weighted by Crippen LogP contribution is 2.15. The molecule has 0 fully saturated rings. The molecule has 0 spiro atoms. The summed E-state index contributed by atoms with van der Waals surface area (Å²) in [5, 5.41) is 0. The number of hydrogen-bond donors (Lipinski definition) is 0. The lowest BCUT2D eigenvalue weighted by Gasteiger charge is -2.00. The maximum absolute atomic E-state index is 11.1. The molecule has 74 valence electrons. The summed E-state index contributed by atoms with van der Waals surface area (Å²) >= 11 is 0. The minimum absolute atomic E-state index is 0.118. The minimum atomic E-state index is -0.118. The van der Waals surface area contributed by atoms with E-state index in [1.54, 1.807) is 12.3 Å². The van der Waals surface area contributed by atoms with E-state index in [1.165, 1.54) is 6.92 Å². The maximum Gasteiger partial charge on any atom is 0.196 e. The van der Waals surface area contributed by atoms with Crippen LogP contribution in [0.1, 0.15) is 17.5 Å². The van der Waals surface area contributed by atoms with Crippen molar-refractivity contribution >= 4 is 5.78 Å². The van der Waals surface area contributed by atoms with Crippen molar-refractivity contribution in [2.24, 2.45) is 0 Å². The number of ketones is 1. The van der Waals surface area contributed by atoms with E-state index < -0.39 is 0 Å². The van der Waals surface area contributed by atoms with Gasteiger partial charge in [-0.1, -0.05) is 30.3 Å². The summed E-state index contributed by atoms with van der Waals surface area (Å²) in [7, 11) is 0. The Kier molecular flexibility index (Phi) is 2.54. The monoisotopic (exact) mass is 198 g/mol. The van der Waals surface area contributed by atoms with Gasteiger partial charge in [-0.15, -0.1) is 0 Å². The Morgan fingerprint density at radius 1 is 1.13 bits per heavy atom. The number of nitrogens with zero attached hydrogens (tertiary/aromatic N) is 2. The van der Waals surface area contributed by atoms with Gasteiger partial charge in [0.05, 0.1) is 5.69 Å². The van der Waals surface area contributed by atoms with Crippen molar-refractivity contribution in [3.05, 3.63) is 48.4 Å². The fraction of sp³-hybridized carbons (Fsp3) is 0.0833. The van der Waals surface area contributed by atoms with Gasteiger partial charge in [0.15, 0.2) is 11.6 Å². The first-order chi connectivity index (χ1) is 7.27. The van der Waals surface area contributed by atoms with Crippen molar-refractivity contribution in [1.82, 2.24) is 9.97 Å². The average Bonchev–Trinajstić information content (AvgIpc) is 2.30. The van der Waals surface area contributed by atoms with Gasteiger partial charge >= 0.3 is 0 Å². The Hall–Kier alpha value is -2.03. The third kappa shape index (κ3) is 2.07. The van der Waals surface area contributed by atoms with Gasteiger partial charge in [-0.2, -0.15) is 0 Å². The van der Waals surface area contributed by atoms with Crippen LogP contribution in [-0.2, 0) is 0 Å². The van der Waals surface area contributed by atoms with Crippen molar-refractivity contribution in [3.63, 3.8) is 0 Å². The zero-order valence-electron chi connectivity index (χ0n) is 8.34. The second kappa shape index (κ2) is 4.00. The fourth-order valence-corrected chi connectivity index (χ4v) is 1.30. The molecule has 1 aromatic heterocycles. The smallest absolute Gasteiger partial charge is 0.196 e. The van der Waals surface area contributed by atoms with Crippen LogP contribution in [0.3, 0.4) is 0 Å². The molecule has 0 N–H and O–H groups in total. The highest BCUT2D eigenvalue weighted by Gasteiger charge is 2.04. The van der Waals surface area contributed by atoms with Gasteiger partial charge in [-0.05, 0) is 6.07 Å². The Bertz CT molecular complexity index is 480. The van der Waals surface area contributed by atoms with Crippen LogP contribution in [0.4, 0.5) is 0 Å². The number of benzene rings is 1. The van der Waals surface area contributed by atoms with Crippen molar-refractivity contribution < 1.29 is 4.79 Å². The number of carbonyl (C=O) groups excluding carboxylic acids is 1. The molecule has 2 aromatic rings. The van der Waals surface area contributed by atoms with Crippen LogP contribution in [0.15, 0.2) is 42.6 Å². The normalized spacial score (nSPS) is 9.93. The van der Waals surface area contributed by atoms with E-state index in [0.717, 1.165) is 11.3 Å². The number of carbonyl (C=O) groups is 1. The highest BCUT2D eigenvalue weighted by atomic mass is 16.1. The van der Waals surface area contributed by atoms with Crippen LogP contribution in [0.25, 0.3) is 11.3 Å². The standard InChI is InChI=1S/C12H10N2O/c1-9(15)12-13-8-7-11(14-12)10-5-3-2-4-6-10/h2-8H,1H3. The largest absolute Gasteiger partial charge is 0.291 e. The molecule has 15 heavy (non-hydrogen) atoms. The first kappa shape index (κ1) is 9.52. The second-order valence-corrected chi connectivity index (χ2v) is 3.19. The molecule has 0 aliphatic carbocycles. The quantitative estimate of drug-likeness (QED) is 0.695. The molecular weight excluding hydrogens is 188 g/mol. The van der Waals surface area contributed by atoms with Gasteiger partial charge in [0.1, 0.15) is 0 Å². The van der Waals surface area contributed by atoms with E-state index >= 15 is 0 Å². The first-order valence-electron chi connectivity index (χ1n) is 4.67. The summed E-state index contributed by atoms with van der Waals surface area (Å²) in [5.41, 5.74) is 1.76. The third-order valence-corrected chi connectivity index (χ3v) is 2.04. The fourth-order valence-electron chi connectivity index (χ4n) is 1.30. The average molecular weight is 198 g/mol. The van der Waals surface area contributed by atoms with E-state index in [1.807, 2.05) is 30.3 Å². The van der Waals surface area contributed by atoms with E-state index in [-0.39, 0.29) is 11.6 Å². The van der Waals surface area contributed by atoms with E-state index in [4.69, 9.17) is 0 Å². The van der Waals surface area contributed by atoms with E-state index in [2.05, 4.69) is 9.97 Å². The summed E-state index contributed by atoms with van der Waals surface area (Å²) < 4.78 is 0. The molecule has 0 atom stereocenters. The molecule has 0 unspecified atom stereocenters. The molecule has 3 heteroatoms. The van der Waals surface area contributed by atoms with Crippen molar-refractivity contribution in [1.29, 1.82) is 0 Å². The molecule has 0 bridgehead atoms. The maximum atomic E-state index is 11.1. The lowest BCUT2D eigenvalue weighted by atomic mass is 10.1. The van der Waals surface area contributed by atoms with Crippen LogP contribution >= 0.6 is 0 Å². The van der Waals surface area contributed by atoms with E-state index in [0.29, 0.717) is 0 Å². The molecule has 0 aliphatic heterocycles. The molecule has 1 aromatic carbocycles. The van der Waals surface area contributed by atoms with Crippen LogP contribution < -0.4 is 0 Å². The number of hydrogen-bond acceptors (Lipinski definition) is 3. The van der Waals surface area contributed by atoms with Gasteiger partial charge in [-0.3, -0.25) is 4.79 Å². The lowest BCUT2D eigenvalue weighted by molar-refractivity contribution is 0.100. The minimum Gasteiger partial charge on any atom is -0.291 e. The van der Waals surface area contributed by atoms with Gasteiger partial charge in [-0.25, -0.2) is 9.97 Å². The van der Waals surface area contributed by atoms with Crippen LogP contribution in [0.2, 0.25) is 0 Å². The SMILES string of the molecule is CC(=O)c1nccc(-c2ccccc2)n1. The Morgan fingerprint density at radius 3 is 2.53 bits per heavy atom. The Morgan fingerprint density at radius 2 is 1.87 bits per heavy atom. The van der Waals surface area contributed by atoms with Gasteiger partial charge in [0.25, 0.3) is 0 Å². The summed E-state index contributed by atoms with van der Waals surface area (Å²) in [6, 6.07) is 11.5. The van der Waals surface area contributed by atoms with Gasteiger partial charge < -0.3 is 0 Å². The zero-order valence-corrected chi connectivity index (χ0v) is 8.34. The molecular formula is C12H10N2O. The summed E-state index contributed by atoms with van der Waals surface area (Å²) in [6.45, 7) is 1.46. The summed E-state index contributed by atoms with van der Waals surface area (Å²) in [5.74, 6) is 0.143. The van der Waals surface area contributed by atoms with Crippen LogP contribution in [-0.4, -0.2) is 15.8 Å². The zero-order chi connectivity index (χ0) is 10.7. The van der Waals surface area contributed by atoms with Crippen LogP contribution in [0.5, 0.6) is 0 Å². The number of aromatic nitrogens is 2. The van der Waals surface area contributed by atoms with E-state index in [9.17, 15) is 4.79 Å². The molecule has 0 aliphatic rings. The predicted molar refractivity (Wildman–Crippen MR) is 57.5 cm³/mol. The van der Waals surface area contributed by atoms with Crippen LogP contribution in [0, 0.1) is 0 Å². The molecule has 0 amide bonds. The third-order valence-electron chi connectivity index (χ3n) is 2.04. The van der Waals surface area contributed by atoms with Crippen molar-refractivity contribution in [2.75, 3.05) is 0 Å². The molecule has 2 rings (SSSR count). The predicted octanol–water partition coefficient (Wildman–Crippen LogP) is 2.35. The molecule has 3 nitrogen and oxygen atoms in total. The van der Waals surface area contributed by atoms with Crippen molar-refractivity contribution in [3.8, 4) is 11.3 Å². The number of rotatable bonds is 2. The Balaban J connectivity index is 2.46. The van der Waals surface area contributed by atoms with Gasteiger partial charge in [0.2, 0.25) is 0 Å². The summed E-state index contributed by atoms with van der Waals surface area (Å²) in [6.07, 6.45) is 1.60. The van der Waals surface area contributed by atoms with Gasteiger partial charge in [0, 0.05) is 18.7 Å². The van der Waals surface area contributed by atoms with Crippen molar-refractivity contribution in [2.45, 2.75) is 6.92 Å². The number of Topliss-reactive ketones (excluding diaryl/α,β-unsaturated/α-hetero) is 1. The highest BCUT2D eigenvalue weighted by molar-refractivity contribution is 5.90. The molecule has 0 saturated carbocycles. The Labute approximate surface area is 87.8 Å². The first-order valence-corrected chi connectivity index (χ1v) is 4.67. The molecule has 0 radical (unpaired) electrons.